The zero-order valence-electron chi connectivity index (χ0n) is 8.78. The summed E-state index contributed by atoms with van der Waals surface area (Å²) < 4.78 is 0. The van der Waals surface area contributed by atoms with Gasteiger partial charge in [-0.3, -0.25) is 0 Å². The summed E-state index contributed by atoms with van der Waals surface area (Å²) >= 11 is 0. The van der Waals surface area contributed by atoms with Crippen LogP contribution in [0, 0.1) is 5.41 Å². The third-order valence-electron chi connectivity index (χ3n) is 2.73. The Kier molecular flexibility index (Phi) is 2.76. The molecule has 0 saturated carbocycles. The predicted octanol–water partition coefficient (Wildman–Crippen LogP) is 4.09. The van der Waals surface area contributed by atoms with Crippen molar-refractivity contribution in [3.05, 3.63) is 23.3 Å². The molecular formula is C12H20. The SMILES string of the molecule is C/C1=C(/C)CC(C)(C)C/C=C\C1. The van der Waals surface area contributed by atoms with Gasteiger partial charge in [0.05, 0.1) is 0 Å². The van der Waals surface area contributed by atoms with Crippen molar-refractivity contribution in [3.63, 3.8) is 0 Å². The average molecular weight is 164 g/mol. The van der Waals surface area contributed by atoms with Crippen molar-refractivity contribution in [2.24, 2.45) is 5.41 Å². The Morgan fingerprint density at radius 1 is 1.08 bits per heavy atom. The van der Waals surface area contributed by atoms with Gasteiger partial charge in [0.15, 0.2) is 0 Å². The van der Waals surface area contributed by atoms with Gasteiger partial charge in [-0.15, -0.1) is 0 Å². The van der Waals surface area contributed by atoms with E-state index in [2.05, 4.69) is 39.8 Å². The Labute approximate surface area is 76.4 Å². The fourth-order valence-corrected chi connectivity index (χ4v) is 1.78. The third-order valence-corrected chi connectivity index (χ3v) is 2.73. The van der Waals surface area contributed by atoms with E-state index in [0.717, 1.165) is 6.42 Å². The molecule has 1 aliphatic rings. The van der Waals surface area contributed by atoms with E-state index in [0.29, 0.717) is 5.41 Å². The van der Waals surface area contributed by atoms with Crippen LogP contribution < -0.4 is 0 Å². The molecule has 0 spiro atoms. The summed E-state index contributed by atoms with van der Waals surface area (Å²) in [5.41, 5.74) is 3.60. The Morgan fingerprint density at radius 3 is 2.42 bits per heavy atom. The highest BCUT2D eigenvalue weighted by molar-refractivity contribution is 5.16. The van der Waals surface area contributed by atoms with Gasteiger partial charge in [0.2, 0.25) is 0 Å². The van der Waals surface area contributed by atoms with Gasteiger partial charge in [0.1, 0.15) is 0 Å². The molecule has 1 aliphatic carbocycles. The van der Waals surface area contributed by atoms with Crippen molar-refractivity contribution in [3.8, 4) is 0 Å². The van der Waals surface area contributed by atoms with Gasteiger partial charge in [0.25, 0.3) is 0 Å². The minimum Gasteiger partial charge on any atom is -0.0877 e. The van der Waals surface area contributed by atoms with Gasteiger partial charge >= 0.3 is 0 Å². The maximum atomic E-state index is 2.35. The molecule has 0 nitrogen and oxygen atoms in total. The zero-order chi connectivity index (χ0) is 9.19. The molecule has 0 aromatic heterocycles. The topological polar surface area (TPSA) is 0 Å². The molecule has 68 valence electrons. The predicted molar refractivity (Wildman–Crippen MR) is 55.1 cm³/mol. The highest BCUT2D eigenvalue weighted by Gasteiger charge is 2.18. The van der Waals surface area contributed by atoms with Crippen LogP contribution in [0.5, 0.6) is 0 Å². The van der Waals surface area contributed by atoms with E-state index in [4.69, 9.17) is 0 Å². The second-order valence-corrected chi connectivity index (χ2v) is 4.78. The molecule has 1 rings (SSSR count). The first kappa shape index (κ1) is 9.57. The molecule has 0 bridgehead atoms. The average Bonchev–Trinajstić information content (AvgIpc) is 1.95. The van der Waals surface area contributed by atoms with E-state index >= 15 is 0 Å². The van der Waals surface area contributed by atoms with Crippen LogP contribution in [0.25, 0.3) is 0 Å². The largest absolute Gasteiger partial charge is 0.0877 e. The molecule has 0 fully saturated rings. The Balaban J connectivity index is 2.82. The van der Waals surface area contributed by atoms with Crippen LogP contribution in [0.1, 0.15) is 47.0 Å². The number of allylic oxidation sites excluding steroid dienone is 4. The second-order valence-electron chi connectivity index (χ2n) is 4.78. The second kappa shape index (κ2) is 3.47. The normalized spacial score (nSPS) is 32.3. The standard InChI is InChI=1S/C12H20/c1-10-7-5-6-8-12(3,4)9-11(10)2/h5-6H,7-9H2,1-4H3/b6-5-,11-10+. The summed E-state index contributed by atoms with van der Waals surface area (Å²) in [6.45, 7) is 9.22. The molecule has 0 unspecified atom stereocenters. The van der Waals surface area contributed by atoms with E-state index in [9.17, 15) is 0 Å². The summed E-state index contributed by atoms with van der Waals surface area (Å²) in [6.07, 6.45) is 8.26. The molecule has 0 saturated heterocycles. The molecule has 0 heterocycles. The lowest BCUT2D eigenvalue weighted by Gasteiger charge is -2.25. The fourth-order valence-electron chi connectivity index (χ4n) is 1.78. The third kappa shape index (κ3) is 2.51. The van der Waals surface area contributed by atoms with Crippen molar-refractivity contribution in [2.75, 3.05) is 0 Å². The van der Waals surface area contributed by atoms with Crippen LogP contribution >= 0.6 is 0 Å². The van der Waals surface area contributed by atoms with Gasteiger partial charge < -0.3 is 0 Å². The molecule has 0 aromatic carbocycles. The monoisotopic (exact) mass is 164 g/mol. The molecule has 0 heteroatoms. The molecule has 0 amide bonds. The highest BCUT2D eigenvalue weighted by Crippen LogP contribution is 2.32. The van der Waals surface area contributed by atoms with Gasteiger partial charge in [-0.1, -0.05) is 37.1 Å². The molecule has 0 N–H and O–H groups in total. The Hall–Kier alpha value is -0.520. The van der Waals surface area contributed by atoms with Crippen LogP contribution in [0.2, 0.25) is 0 Å². The van der Waals surface area contributed by atoms with E-state index < -0.39 is 0 Å². The van der Waals surface area contributed by atoms with Crippen LogP contribution in [0.3, 0.4) is 0 Å². The van der Waals surface area contributed by atoms with Gasteiger partial charge in [-0.25, -0.2) is 0 Å². The van der Waals surface area contributed by atoms with Gasteiger partial charge in [0, 0.05) is 0 Å². The molecule has 0 aliphatic heterocycles. The van der Waals surface area contributed by atoms with E-state index in [-0.39, 0.29) is 0 Å². The van der Waals surface area contributed by atoms with Crippen molar-refractivity contribution in [1.29, 1.82) is 0 Å². The van der Waals surface area contributed by atoms with Gasteiger partial charge in [-0.05, 0) is 38.5 Å². The first-order valence-electron chi connectivity index (χ1n) is 4.81. The van der Waals surface area contributed by atoms with Crippen LogP contribution in [-0.2, 0) is 0 Å². The highest BCUT2D eigenvalue weighted by atomic mass is 14.2. The van der Waals surface area contributed by atoms with Gasteiger partial charge in [-0.2, -0.15) is 0 Å². The number of rotatable bonds is 0. The lowest BCUT2D eigenvalue weighted by Crippen LogP contribution is -2.12. The summed E-state index contributed by atoms with van der Waals surface area (Å²) in [5, 5.41) is 0. The lowest BCUT2D eigenvalue weighted by molar-refractivity contribution is 0.364. The van der Waals surface area contributed by atoms with E-state index in [1.54, 1.807) is 11.1 Å². The maximum absolute atomic E-state index is 2.35. The fraction of sp³-hybridized carbons (Fsp3) is 0.667. The quantitative estimate of drug-likeness (QED) is 0.473. The molecule has 0 aromatic rings. The Bertz CT molecular complexity index is 216. The summed E-state index contributed by atoms with van der Waals surface area (Å²) in [7, 11) is 0. The van der Waals surface area contributed by atoms with Crippen molar-refractivity contribution in [2.45, 2.75) is 47.0 Å². The molecule has 0 radical (unpaired) electrons. The molecule has 12 heavy (non-hydrogen) atoms. The summed E-state index contributed by atoms with van der Waals surface area (Å²) in [5.74, 6) is 0. The lowest BCUT2D eigenvalue weighted by atomic mass is 9.80. The van der Waals surface area contributed by atoms with E-state index in [1.807, 2.05) is 0 Å². The van der Waals surface area contributed by atoms with Crippen LogP contribution in [-0.4, -0.2) is 0 Å². The smallest absolute Gasteiger partial charge is 0.0139 e. The number of hydrogen-bond acceptors (Lipinski definition) is 0. The minimum absolute atomic E-state index is 0.461. The van der Waals surface area contributed by atoms with Crippen LogP contribution in [0.4, 0.5) is 0 Å². The minimum atomic E-state index is 0.461. The van der Waals surface area contributed by atoms with Crippen molar-refractivity contribution < 1.29 is 0 Å². The van der Waals surface area contributed by atoms with Crippen LogP contribution in [0.15, 0.2) is 23.3 Å². The maximum Gasteiger partial charge on any atom is -0.0139 e. The summed E-state index contributed by atoms with van der Waals surface area (Å²) in [6, 6.07) is 0. The summed E-state index contributed by atoms with van der Waals surface area (Å²) in [4.78, 5) is 0. The molecule has 0 atom stereocenters. The Morgan fingerprint density at radius 2 is 1.75 bits per heavy atom. The first-order valence-corrected chi connectivity index (χ1v) is 4.81. The number of hydrogen-bond donors (Lipinski definition) is 0. The van der Waals surface area contributed by atoms with E-state index in [1.165, 1.54) is 12.8 Å². The van der Waals surface area contributed by atoms with Crippen molar-refractivity contribution in [1.82, 2.24) is 0 Å². The van der Waals surface area contributed by atoms with Crippen molar-refractivity contribution >= 4 is 0 Å². The zero-order valence-corrected chi connectivity index (χ0v) is 8.78. The molecular weight excluding hydrogens is 144 g/mol. The first-order chi connectivity index (χ1) is 5.51.